The van der Waals surface area contributed by atoms with E-state index in [4.69, 9.17) is 9.47 Å². The first-order chi connectivity index (χ1) is 31.7. The molecule has 0 aliphatic heterocycles. The van der Waals surface area contributed by atoms with Crippen LogP contribution in [0.15, 0.2) is 243 Å². The van der Waals surface area contributed by atoms with E-state index in [0.717, 1.165) is 56.8 Å². The Morgan fingerprint density at radius 2 is 0.562 bits per heavy atom. The van der Waals surface area contributed by atoms with Gasteiger partial charge in [-0.1, -0.05) is 170 Å². The zero-order valence-corrected chi connectivity index (χ0v) is 36.0. The standard InChI is InChI=1S/C60H48N2O2/c1-63-59-29-17-15-27-57(59)62(58-28-16-18-30-60(58)64-2)54-41-39-53(40-42-54)61(51-35-31-45(32-36-51)43-55(47-19-7-3-8-20-47)48-21-9-4-10-22-48)52-37-33-46(34-38-52)44-56(49-23-11-5-12-24-49)50-25-13-6-14-26-50/h3-44H,1-2H3. The maximum Gasteiger partial charge on any atom is 0.142 e. The van der Waals surface area contributed by atoms with Gasteiger partial charge in [-0.25, -0.2) is 0 Å². The molecule has 64 heavy (non-hydrogen) atoms. The van der Waals surface area contributed by atoms with E-state index in [1.165, 1.54) is 33.4 Å². The van der Waals surface area contributed by atoms with Gasteiger partial charge in [-0.15, -0.1) is 0 Å². The van der Waals surface area contributed by atoms with Gasteiger partial charge in [0, 0.05) is 22.7 Å². The Bertz CT molecular complexity index is 2700. The molecule has 0 aromatic heterocycles. The zero-order valence-electron chi connectivity index (χ0n) is 36.0. The van der Waals surface area contributed by atoms with Gasteiger partial charge in [0.2, 0.25) is 0 Å². The van der Waals surface area contributed by atoms with Crippen molar-refractivity contribution in [1.29, 1.82) is 0 Å². The number of anilines is 6. The molecule has 4 nitrogen and oxygen atoms in total. The highest BCUT2D eigenvalue weighted by Crippen LogP contribution is 2.45. The van der Waals surface area contributed by atoms with Crippen LogP contribution in [0.25, 0.3) is 23.3 Å². The molecule has 310 valence electrons. The first-order valence-electron chi connectivity index (χ1n) is 21.5. The Hall–Kier alpha value is -8.34. The highest BCUT2D eigenvalue weighted by atomic mass is 16.5. The molecule has 0 heterocycles. The van der Waals surface area contributed by atoms with Gasteiger partial charge < -0.3 is 19.3 Å². The molecule has 0 unspecified atom stereocenters. The molecule has 0 aliphatic rings. The summed E-state index contributed by atoms with van der Waals surface area (Å²) >= 11 is 0. The van der Waals surface area contributed by atoms with Crippen LogP contribution >= 0.6 is 0 Å². The fourth-order valence-corrected chi connectivity index (χ4v) is 8.15. The Kier molecular flexibility index (Phi) is 12.6. The quantitative estimate of drug-likeness (QED) is 0.102. The van der Waals surface area contributed by atoms with Crippen LogP contribution in [-0.2, 0) is 0 Å². The molecular weight excluding hydrogens is 781 g/mol. The SMILES string of the molecule is COc1ccccc1N(c1ccc(N(c2ccc(C=C(c3ccccc3)c3ccccc3)cc2)c2ccc(C=C(c3ccccc3)c3ccccc3)cc2)cc1)c1ccccc1OC. The summed E-state index contributed by atoms with van der Waals surface area (Å²) in [6.45, 7) is 0. The summed E-state index contributed by atoms with van der Waals surface area (Å²) in [6.07, 6.45) is 4.55. The fraction of sp³-hybridized carbons (Fsp3) is 0.0333. The van der Waals surface area contributed by atoms with Crippen molar-refractivity contribution in [2.75, 3.05) is 24.0 Å². The van der Waals surface area contributed by atoms with Gasteiger partial charge in [-0.3, -0.25) is 0 Å². The van der Waals surface area contributed by atoms with Crippen LogP contribution < -0.4 is 19.3 Å². The summed E-state index contributed by atoms with van der Waals surface area (Å²) in [7, 11) is 3.41. The van der Waals surface area contributed by atoms with Crippen LogP contribution in [0.5, 0.6) is 11.5 Å². The predicted molar refractivity (Wildman–Crippen MR) is 269 cm³/mol. The molecule has 0 radical (unpaired) electrons. The Labute approximate surface area is 376 Å². The van der Waals surface area contributed by atoms with Gasteiger partial charge in [-0.05, 0) is 129 Å². The van der Waals surface area contributed by atoms with Crippen molar-refractivity contribution in [2.24, 2.45) is 0 Å². The van der Waals surface area contributed by atoms with Crippen LogP contribution in [0.3, 0.4) is 0 Å². The molecule has 9 aromatic carbocycles. The van der Waals surface area contributed by atoms with Gasteiger partial charge in [0.25, 0.3) is 0 Å². The molecule has 0 saturated carbocycles. The van der Waals surface area contributed by atoms with Crippen molar-refractivity contribution in [2.45, 2.75) is 0 Å². The maximum atomic E-state index is 5.89. The van der Waals surface area contributed by atoms with Gasteiger partial charge in [0.05, 0.1) is 25.6 Å². The lowest BCUT2D eigenvalue weighted by Gasteiger charge is -2.30. The highest BCUT2D eigenvalue weighted by Gasteiger charge is 2.21. The van der Waals surface area contributed by atoms with E-state index < -0.39 is 0 Å². The molecule has 0 fully saturated rings. The van der Waals surface area contributed by atoms with Gasteiger partial charge in [-0.2, -0.15) is 0 Å². The third-order valence-electron chi connectivity index (χ3n) is 11.3. The molecule has 9 aromatic rings. The lowest BCUT2D eigenvalue weighted by molar-refractivity contribution is 0.412. The summed E-state index contributed by atoms with van der Waals surface area (Å²) < 4.78 is 11.8. The van der Waals surface area contributed by atoms with E-state index in [-0.39, 0.29) is 0 Å². The topological polar surface area (TPSA) is 24.9 Å². The first-order valence-corrected chi connectivity index (χ1v) is 21.5. The molecule has 4 heteroatoms. The Morgan fingerprint density at radius 3 is 0.875 bits per heavy atom. The summed E-state index contributed by atoms with van der Waals surface area (Å²) in [5.41, 5.74) is 15.1. The number of nitrogens with zero attached hydrogens (tertiary/aromatic N) is 2. The average molecular weight is 829 g/mol. The summed E-state index contributed by atoms with van der Waals surface area (Å²) in [4.78, 5) is 4.49. The number of methoxy groups -OCH3 is 2. The van der Waals surface area contributed by atoms with Crippen LogP contribution in [0.2, 0.25) is 0 Å². The van der Waals surface area contributed by atoms with Crippen LogP contribution in [0, 0.1) is 0 Å². The molecular formula is C60H48N2O2. The first kappa shape index (κ1) is 41.0. The molecule has 0 spiro atoms. The van der Waals surface area contributed by atoms with Crippen molar-refractivity contribution in [3.8, 4) is 11.5 Å². The minimum Gasteiger partial charge on any atom is -0.495 e. The predicted octanol–water partition coefficient (Wildman–Crippen LogP) is 15.8. The van der Waals surface area contributed by atoms with Crippen molar-refractivity contribution >= 4 is 57.4 Å². The number of rotatable bonds is 14. The molecule has 0 bridgehead atoms. The van der Waals surface area contributed by atoms with Crippen molar-refractivity contribution in [3.63, 3.8) is 0 Å². The average Bonchev–Trinajstić information content (AvgIpc) is 3.37. The fourth-order valence-electron chi connectivity index (χ4n) is 8.15. The van der Waals surface area contributed by atoms with Crippen LogP contribution in [0.1, 0.15) is 33.4 Å². The van der Waals surface area contributed by atoms with Crippen molar-refractivity contribution in [3.05, 3.63) is 276 Å². The Morgan fingerprint density at radius 1 is 0.297 bits per heavy atom. The molecule has 0 atom stereocenters. The van der Waals surface area contributed by atoms with E-state index in [2.05, 4.69) is 228 Å². The largest absolute Gasteiger partial charge is 0.495 e. The summed E-state index contributed by atoms with van der Waals surface area (Å²) in [5, 5.41) is 0. The van der Waals surface area contributed by atoms with E-state index in [1.807, 2.05) is 36.4 Å². The lowest BCUT2D eigenvalue weighted by Crippen LogP contribution is -2.13. The number of hydrogen-bond donors (Lipinski definition) is 0. The van der Waals surface area contributed by atoms with Gasteiger partial charge in [0.1, 0.15) is 11.5 Å². The molecule has 0 N–H and O–H groups in total. The smallest absolute Gasteiger partial charge is 0.142 e. The second-order valence-corrected chi connectivity index (χ2v) is 15.3. The monoisotopic (exact) mass is 828 g/mol. The third kappa shape index (κ3) is 9.13. The van der Waals surface area contributed by atoms with E-state index in [0.29, 0.717) is 0 Å². The van der Waals surface area contributed by atoms with Gasteiger partial charge in [0.15, 0.2) is 0 Å². The second kappa shape index (κ2) is 19.6. The second-order valence-electron chi connectivity index (χ2n) is 15.3. The van der Waals surface area contributed by atoms with E-state index >= 15 is 0 Å². The lowest BCUT2D eigenvalue weighted by atomic mass is 9.95. The van der Waals surface area contributed by atoms with Crippen molar-refractivity contribution < 1.29 is 9.47 Å². The van der Waals surface area contributed by atoms with Crippen LogP contribution in [-0.4, -0.2) is 14.2 Å². The number of hydrogen-bond acceptors (Lipinski definition) is 4. The molecule has 0 amide bonds. The van der Waals surface area contributed by atoms with Crippen LogP contribution in [0.4, 0.5) is 34.1 Å². The van der Waals surface area contributed by atoms with E-state index in [1.54, 1.807) is 14.2 Å². The number of benzene rings is 9. The normalized spacial score (nSPS) is 10.7. The number of ether oxygens (including phenoxy) is 2. The number of para-hydroxylation sites is 4. The van der Waals surface area contributed by atoms with Crippen molar-refractivity contribution in [1.82, 2.24) is 0 Å². The Balaban J connectivity index is 1.13. The summed E-state index contributed by atoms with van der Waals surface area (Å²) in [5.74, 6) is 1.51. The highest BCUT2D eigenvalue weighted by molar-refractivity contribution is 5.93. The maximum absolute atomic E-state index is 5.89. The summed E-state index contributed by atoms with van der Waals surface area (Å²) in [6, 6.07) is 84.8. The molecule has 9 rings (SSSR count). The van der Waals surface area contributed by atoms with E-state index in [9.17, 15) is 0 Å². The minimum absolute atomic E-state index is 0.757. The van der Waals surface area contributed by atoms with Gasteiger partial charge >= 0.3 is 0 Å². The molecule has 0 saturated heterocycles. The minimum atomic E-state index is 0.757. The zero-order chi connectivity index (χ0) is 43.5. The molecule has 0 aliphatic carbocycles. The third-order valence-corrected chi connectivity index (χ3v) is 11.3.